The second-order valence-corrected chi connectivity index (χ2v) is 7.76. The number of H-pyrrole nitrogens is 1. The molecule has 0 radical (unpaired) electrons. The summed E-state index contributed by atoms with van der Waals surface area (Å²) >= 11 is 5.90. The van der Waals surface area contributed by atoms with Gasteiger partial charge in [0.2, 0.25) is 0 Å². The average Bonchev–Trinajstić information content (AvgIpc) is 3.21. The van der Waals surface area contributed by atoms with Gasteiger partial charge in [0.15, 0.2) is 5.69 Å². The highest BCUT2D eigenvalue weighted by Crippen LogP contribution is 2.38. The second kappa shape index (κ2) is 7.90. The third-order valence-electron chi connectivity index (χ3n) is 5.23. The molecule has 33 heavy (non-hydrogen) atoms. The monoisotopic (exact) mass is 466 g/mol. The Balaban J connectivity index is 1.69. The molecule has 3 heterocycles. The highest BCUT2D eigenvalue weighted by molar-refractivity contribution is 6.30. The van der Waals surface area contributed by atoms with Crippen molar-refractivity contribution in [3.8, 4) is 33.5 Å². The maximum Gasteiger partial charge on any atom is 0.435 e. The highest BCUT2D eigenvalue weighted by atomic mass is 35.5. The van der Waals surface area contributed by atoms with Crippen LogP contribution in [0.1, 0.15) is 5.69 Å². The Morgan fingerprint density at radius 1 is 0.818 bits per heavy atom. The van der Waals surface area contributed by atoms with Crippen molar-refractivity contribution in [1.82, 2.24) is 19.6 Å². The van der Waals surface area contributed by atoms with E-state index in [-0.39, 0.29) is 16.8 Å². The quantitative estimate of drug-likeness (QED) is 0.350. The average molecular weight is 467 g/mol. The molecule has 0 amide bonds. The standard InChI is InChI=1S/C24H14ClF3N4O/c25-18-7-5-17(6-8-18)21-22(24(26,27)28)31-32-20(33)13-19(30-23(21)32)16-3-1-14(2-4-16)15-9-11-29-12-10-15/h1-13,30H. The largest absolute Gasteiger partial charge is 0.435 e. The third-order valence-corrected chi connectivity index (χ3v) is 5.48. The van der Waals surface area contributed by atoms with Crippen molar-refractivity contribution in [2.24, 2.45) is 0 Å². The van der Waals surface area contributed by atoms with E-state index in [1.54, 1.807) is 24.5 Å². The smallest absolute Gasteiger partial charge is 0.339 e. The number of alkyl halides is 3. The van der Waals surface area contributed by atoms with E-state index in [0.717, 1.165) is 15.6 Å². The van der Waals surface area contributed by atoms with Crippen LogP contribution in [0.25, 0.3) is 39.2 Å². The molecule has 0 aliphatic rings. The first kappa shape index (κ1) is 21.0. The molecule has 5 nitrogen and oxygen atoms in total. The van der Waals surface area contributed by atoms with Crippen molar-refractivity contribution in [2.45, 2.75) is 6.18 Å². The fourth-order valence-electron chi connectivity index (χ4n) is 3.67. The van der Waals surface area contributed by atoms with Crippen molar-refractivity contribution in [2.75, 3.05) is 0 Å². The zero-order valence-corrected chi connectivity index (χ0v) is 17.5. The normalized spacial score (nSPS) is 11.8. The van der Waals surface area contributed by atoms with E-state index in [9.17, 15) is 18.0 Å². The van der Waals surface area contributed by atoms with E-state index in [1.807, 2.05) is 24.3 Å². The van der Waals surface area contributed by atoms with Crippen molar-refractivity contribution in [3.05, 3.63) is 100 Å². The molecule has 5 aromatic rings. The van der Waals surface area contributed by atoms with Gasteiger partial charge in [0, 0.05) is 23.5 Å². The van der Waals surface area contributed by atoms with Gasteiger partial charge in [-0.15, -0.1) is 0 Å². The molecule has 5 rings (SSSR count). The highest BCUT2D eigenvalue weighted by Gasteiger charge is 2.39. The van der Waals surface area contributed by atoms with E-state index in [4.69, 9.17) is 11.6 Å². The number of aromatic nitrogens is 4. The molecule has 0 bridgehead atoms. The van der Waals surface area contributed by atoms with E-state index in [0.29, 0.717) is 16.3 Å². The predicted molar refractivity (Wildman–Crippen MR) is 120 cm³/mol. The van der Waals surface area contributed by atoms with Crippen molar-refractivity contribution in [3.63, 3.8) is 0 Å². The summed E-state index contributed by atoms with van der Waals surface area (Å²) in [5.74, 6) is 0. The van der Waals surface area contributed by atoms with Crippen LogP contribution in [0, 0.1) is 0 Å². The summed E-state index contributed by atoms with van der Waals surface area (Å²) in [6, 6.07) is 18.2. The van der Waals surface area contributed by atoms with E-state index in [2.05, 4.69) is 15.1 Å². The van der Waals surface area contributed by atoms with Gasteiger partial charge in [0.1, 0.15) is 5.65 Å². The number of hydrogen-bond donors (Lipinski definition) is 1. The number of halogens is 4. The van der Waals surface area contributed by atoms with Gasteiger partial charge in [-0.2, -0.15) is 22.8 Å². The summed E-state index contributed by atoms with van der Waals surface area (Å²) < 4.78 is 42.1. The van der Waals surface area contributed by atoms with Gasteiger partial charge in [-0.1, -0.05) is 48.0 Å². The summed E-state index contributed by atoms with van der Waals surface area (Å²) in [6.07, 6.45) is -1.39. The van der Waals surface area contributed by atoms with Gasteiger partial charge < -0.3 is 4.98 Å². The molecule has 0 fully saturated rings. The van der Waals surface area contributed by atoms with Crippen LogP contribution in [0.15, 0.2) is 83.9 Å². The summed E-state index contributed by atoms with van der Waals surface area (Å²) in [4.78, 5) is 19.7. The molecule has 2 aromatic carbocycles. The van der Waals surface area contributed by atoms with Crippen LogP contribution in [0.3, 0.4) is 0 Å². The fraction of sp³-hybridized carbons (Fsp3) is 0.0417. The first-order valence-electron chi connectivity index (χ1n) is 9.81. The Hall–Kier alpha value is -3.91. The minimum Gasteiger partial charge on any atom is -0.339 e. The molecule has 164 valence electrons. The molecule has 9 heteroatoms. The number of nitrogens with one attached hydrogen (secondary N) is 1. The minimum absolute atomic E-state index is 0.0506. The number of nitrogens with zero attached hydrogens (tertiary/aromatic N) is 3. The van der Waals surface area contributed by atoms with Gasteiger partial charge in [-0.05, 0) is 46.5 Å². The van der Waals surface area contributed by atoms with Crippen molar-refractivity contribution in [1.29, 1.82) is 0 Å². The summed E-state index contributed by atoms with van der Waals surface area (Å²) in [6.45, 7) is 0. The maximum atomic E-state index is 13.8. The van der Waals surface area contributed by atoms with Crippen LogP contribution in [0.5, 0.6) is 0 Å². The van der Waals surface area contributed by atoms with E-state index < -0.39 is 17.4 Å². The lowest BCUT2D eigenvalue weighted by atomic mass is 10.0. The lowest BCUT2D eigenvalue weighted by Gasteiger charge is -2.08. The van der Waals surface area contributed by atoms with Gasteiger partial charge in [-0.3, -0.25) is 9.78 Å². The Morgan fingerprint density at radius 2 is 1.39 bits per heavy atom. The fourth-order valence-corrected chi connectivity index (χ4v) is 3.80. The molecule has 0 spiro atoms. The minimum atomic E-state index is -4.76. The molecule has 0 atom stereocenters. The number of hydrogen-bond acceptors (Lipinski definition) is 3. The Morgan fingerprint density at radius 3 is 2.03 bits per heavy atom. The van der Waals surface area contributed by atoms with Crippen LogP contribution in [-0.4, -0.2) is 19.6 Å². The number of benzene rings is 2. The SMILES string of the molecule is O=c1cc(-c2ccc(-c3ccncc3)cc2)[nH]c2c(-c3ccc(Cl)cc3)c(C(F)(F)F)nn12. The van der Waals surface area contributed by atoms with Crippen molar-refractivity contribution < 1.29 is 13.2 Å². The molecule has 1 N–H and O–H groups in total. The summed E-state index contributed by atoms with van der Waals surface area (Å²) in [5, 5.41) is 3.96. The van der Waals surface area contributed by atoms with Crippen LogP contribution in [0.4, 0.5) is 13.2 Å². The number of fused-ring (bicyclic) bond motifs is 1. The Bertz CT molecular complexity index is 1510. The topological polar surface area (TPSA) is 63.0 Å². The van der Waals surface area contributed by atoms with Gasteiger partial charge in [0.25, 0.3) is 5.56 Å². The predicted octanol–water partition coefficient (Wildman–Crippen LogP) is 6.09. The molecule has 0 saturated carbocycles. The summed E-state index contributed by atoms with van der Waals surface area (Å²) in [7, 11) is 0. The zero-order valence-electron chi connectivity index (χ0n) is 16.8. The number of aromatic amines is 1. The Labute approximate surface area is 190 Å². The van der Waals surface area contributed by atoms with Crippen LogP contribution >= 0.6 is 11.6 Å². The van der Waals surface area contributed by atoms with E-state index in [1.165, 1.54) is 30.3 Å². The molecule has 3 aromatic heterocycles. The van der Waals surface area contributed by atoms with E-state index >= 15 is 0 Å². The maximum absolute atomic E-state index is 13.8. The van der Waals surface area contributed by atoms with Gasteiger partial charge >= 0.3 is 6.18 Å². The second-order valence-electron chi connectivity index (χ2n) is 7.32. The third kappa shape index (κ3) is 3.89. The lowest BCUT2D eigenvalue weighted by molar-refractivity contribution is -0.140. The zero-order chi connectivity index (χ0) is 23.2. The van der Waals surface area contributed by atoms with Gasteiger partial charge in [-0.25, -0.2) is 0 Å². The number of pyridine rings is 1. The molecule has 0 saturated heterocycles. The lowest BCUT2D eigenvalue weighted by Crippen LogP contribution is -2.15. The van der Waals surface area contributed by atoms with Crippen LogP contribution in [-0.2, 0) is 6.18 Å². The molecular formula is C24H14ClF3N4O. The molecule has 0 aliphatic carbocycles. The number of rotatable bonds is 3. The first-order valence-corrected chi connectivity index (χ1v) is 10.2. The van der Waals surface area contributed by atoms with Crippen molar-refractivity contribution >= 4 is 17.2 Å². The van der Waals surface area contributed by atoms with Crippen LogP contribution < -0.4 is 5.56 Å². The summed E-state index contributed by atoms with van der Waals surface area (Å²) in [5.41, 5.74) is 1.07. The molecule has 0 aliphatic heterocycles. The first-order chi connectivity index (χ1) is 15.8. The van der Waals surface area contributed by atoms with Gasteiger partial charge in [0.05, 0.1) is 11.3 Å². The Kier molecular flexibility index (Phi) is 5.02. The molecular weight excluding hydrogens is 453 g/mol. The molecule has 0 unspecified atom stereocenters. The van der Waals surface area contributed by atoms with Crippen LogP contribution in [0.2, 0.25) is 5.02 Å².